The monoisotopic (exact) mass is 500 g/mol. The van der Waals surface area contributed by atoms with E-state index in [2.05, 4.69) is 20.1 Å². The molecule has 4 rings (SSSR count). The maximum Gasteiger partial charge on any atom is 0.263 e. The zero-order valence-corrected chi connectivity index (χ0v) is 21.1. The molecule has 2 heterocycles. The lowest BCUT2D eigenvalue weighted by Gasteiger charge is -2.36. The lowest BCUT2D eigenvalue weighted by molar-refractivity contribution is 0.310. The van der Waals surface area contributed by atoms with E-state index < -0.39 is 10.0 Å². The molecule has 35 heavy (non-hydrogen) atoms. The van der Waals surface area contributed by atoms with Crippen molar-refractivity contribution >= 4 is 21.5 Å². The van der Waals surface area contributed by atoms with Crippen LogP contribution in [0.3, 0.4) is 0 Å². The molecule has 0 radical (unpaired) electrons. The summed E-state index contributed by atoms with van der Waals surface area (Å²) in [7, 11) is -2.15. The van der Waals surface area contributed by atoms with Crippen molar-refractivity contribution in [3.63, 3.8) is 0 Å². The van der Waals surface area contributed by atoms with E-state index in [1.807, 2.05) is 37.3 Å². The minimum atomic E-state index is -3.78. The lowest BCUT2D eigenvalue weighted by Crippen LogP contribution is -2.43. The number of aryl methyl sites for hydroxylation is 1. The molecule has 3 aromatic rings. The third kappa shape index (κ3) is 6.07. The molecule has 9 nitrogen and oxygen atoms in total. The van der Waals surface area contributed by atoms with Crippen molar-refractivity contribution in [2.45, 2.75) is 44.2 Å². The fourth-order valence-corrected chi connectivity index (χ4v) is 5.25. The Morgan fingerprint density at radius 2 is 1.86 bits per heavy atom. The number of sulfonamides is 1. The van der Waals surface area contributed by atoms with Gasteiger partial charge in [-0.15, -0.1) is 0 Å². The zero-order valence-electron chi connectivity index (χ0n) is 20.3. The number of rotatable bonds is 10. The van der Waals surface area contributed by atoms with Crippen LogP contribution in [0.1, 0.15) is 31.1 Å². The van der Waals surface area contributed by atoms with Crippen molar-refractivity contribution in [3.8, 4) is 11.5 Å². The Bertz CT molecular complexity index is 1220. The van der Waals surface area contributed by atoms with Crippen molar-refractivity contribution in [2.24, 2.45) is 0 Å². The molecule has 0 bridgehead atoms. The second-order valence-corrected chi connectivity index (χ2v) is 10.1. The van der Waals surface area contributed by atoms with Crippen LogP contribution in [0.5, 0.6) is 11.5 Å². The van der Waals surface area contributed by atoms with Gasteiger partial charge in [0.05, 0.1) is 18.6 Å². The maximum atomic E-state index is 12.8. The van der Waals surface area contributed by atoms with Crippen molar-refractivity contribution in [3.05, 3.63) is 59.9 Å². The predicted molar refractivity (Wildman–Crippen MR) is 135 cm³/mol. The van der Waals surface area contributed by atoms with Crippen LogP contribution in [0, 0.1) is 6.92 Å². The van der Waals surface area contributed by atoms with Crippen molar-refractivity contribution in [1.29, 1.82) is 0 Å². The van der Waals surface area contributed by atoms with Gasteiger partial charge in [0.1, 0.15) is 5.76 Å². The summed E-state index contributed by atoms with van der Waals surface area (Å²) in [5.74, 6) is 2.11. The summed E-state index contributed by atoms with van der Waals surface area (Å²) in [6.07, 6.45) is 2.00. The molecule has 1 aromatic heterocycles. The number of hydrogen-bond acceptors (Lipinski definition) is 8. The summed E-state index contributed by atoms with van der Waals surface area (Å²) in [6.45, 7) is 6.76. The first kappa shape index (κ1) is 24.9. The topological polar surface area (TPSA) is 106 Å². The van der Waals surface area contributed by atoms with Gasteiger partial charge in [0, 0.05) is 24.3 Å². The molecule has 1 saturated heterocycles. The van der Waals surface area contributed by atoms with Crippen LogP contribution >= 0.6 is 0 Å². The average Bonchev–Trinajstić information content (AvgIpc) is 3.27. The van der Waals surface area contributed by atoms with Crippen molar-refractivity contribution in [1.82, 2.24) is 10.5 Å². The van der Waals surface area contributed by atoms with E-state index in [0.717, 1.165) is 37.2 Å². The standard InChI is InChI=1S/C25H32N4O5S/c1-4-33-24-16-19(5-10-23(24)32-3)17-29(21-11-13-26-14-12-21)20-6-8-22(9-7-20)35(30,31)28-25-15-18(2)34-27-25/h5-10,15-16,21,26H,4,11-14,17H2,1-3H3,(H,27,28). The molecule has 0 unspecified atom stereocenters. The predicted octanol–water partition coefficient (Wildman–Crippen LogP) is 3.95. The molecule has 1 aliphatic rings. The molecular formula is C25H32N4O5S. The molecule has 1 aliphatic heterocycles. The van der Waals surface area contributed by atoms with Crippen LogP contribution in [-0.2, 0) is 16.6 Å². The number of aromatic nitrogens is 1. The van der Waals surface area contributed by atoms with Crippen LogP contribution in [0.4, 0.5) is 11.5 Å². The molecule has 10 heteroatoms. The number of nitrogens with zero attached hydrogens (tertiary/aromatic N) is 2. The molecule has 0 amide bonds. The van der Waals surface area contributed by atoms with E-state index in [1.165, 1.54) is 6.07 Å². The van der Waals surface area contributed by atoms with Gasteiger partial charge in [-0.1, -0.05) is 11.2 Å². The van der Waals surface area contributed by atoms with Crippen LogP contribution < -0.4 is 24.4 Å². The largest absolute Gasteiger partial charge is 0.493 e. The first-order valence-corrected chi connectivity index (χ1v) is 13.2. The third-order valence-electron chi connectivity index (χ3n) is 5.98. The molecule has 0 aliphatic carbocycles. The van der Waals surface area contributed by atoms with Gasteiger partial charge in [-0.05, 0) is 81.7 Å². The highest BCUT2D eigenvalue weighted by Crippen LogP contribution is 2.31. The van der Waals surface area contributed by atoms with E-state index in [9.17, 15) is 8.42 Å². The second-order valence-electron chi connectivity index (χ2n) is 8.45. The first-order valence-electron chi connectivity index (χ1n) is 11.7. The fourth-order valence-electron chi connectivity index (χ4n) is 4.26. The Balaban J connectivity index is 1.59. The smallest absolute Gasteiger partial charge is 0.263 e. The van der Waals surface area contributed by atoms with E-state index in [4.69, 9.17) is 14.0 Å². The summed E-state index contributed by atoms with van der Waals surface area (Å²) in [5, 5.41) is 7.13. The van der Waals surface area contributed by atoms with Crippen LogP contribution in [0.25, 0.3) is 0 Å². The van der Waals surface area contributed by atoms with Gasteiger partial charge in [-0.3, -0.25) is 4.72 Å². The number of piperidine rings is 1. The number of nitrogens with one attached hydrogen (secondary N) is 2. The molecule has 0 atom stereocenters. The number of benzene rings is 2. The summed E-state index contributed by atoms with van der Waals surface area (Å²) in [5.41, 5.74) is 2.05. The van der Waals surface area contributed by atoms with Gasteiger partial charge in [0.2, 0.25) is 0 Å². The zero-order chi connectivity index (χ0) is 24.8. The van der Waals surface area contributed by atoms with E-state index in [-0.39, 0.29) is 10.7 Å². The third-order valence-corrected chi connectivity index (χ3v) is 7.35. The molecule has 2 N–H and O–H groups in total. The fraction of sp³-hybridized carbons (Fsp3) is 0.400. The number of anilines is 2. The highest BCUT2D eigenvalue weighted by molar-refractivity contribution is 7.92. The van der Waals surface area contributed by atoms with Gasteiger partial charge in [-0.25, -0.2) is 8.42 Å². The van der Waals surface area contributed by atoms with E-state index in [0.29, 0.717) is 36.5 Å². The molecular weight excluding hydrogens is 468 g/mol. The van der Waals surface area contributed by atoms with Crippen LogP contribution in [0.15, 0.2) is 57.9 Å². The Labute approximate surface area is 206 Å². The van der Waals surface area contributed by atoms with Crippen molar-refractivity contribution in [2.75, 3.05) is 36.4 Å². The van der Waals surface area contributed by atoms with Gasteiger partial charge in [0.25, 0.3) is 10.0 Å². The minimum absolute atomic E-state index is 0.160. The molecule has 2 aromatic carbocycles. The minimum Gasteiger partial charge on any atom is -0.493 e. The summed E-state index contributed by atoms with van der Waals surface area (Å²) < 4.78 is 44.2. The summed E-state index contributed by atoms with van der Waals surface area (Å²) in [6, 6.07) is 14.8. The highest BCUT2D eigenvalue weighted by atomic mass is 32.2. The quantitative estimate of drug-likeness (QED) is 0.431. The maximum absolute atomic E-state index is 12.8. The molecule has 1 fully saturated rings. The van der Waals surface area contributed by atoms with Gasteiger partial charge in [-0.2, -0.15) is 0 Å². The number of hydrogen-bond donors (Lipinski definition) is 2. The van der Waals surface area contributed by atoms with Gasteiger partial charge >= 0.3 is 0 Å². The van der Waals surface area contributed by atoms with Crippen LogP contribution in [0.2, 0.25) is 0 Å². The first-order chi connectivity index (χ1) is 16.9. The Morgan fingerprint density at radius 1 is 1.11 bits per heavy atom. The van der Waals surface area contributed by atoms with E-state index >= 15 is 0 Å². The number of ether oxygens (including phenoxy) is 2. The summed E-state index contributed by atoms with van der Waals surface area (Å²) in [4.78, 5) is 2.50. The summed E-state index contributed by atoms with van der Waals surface area (Å²) >= 11 is 0. The van der Waals surface area contributed by atoms with Crippen LogP contribution in [-0.4, -0.2) is 46.4 Å². The van der Waals surface area contributed by atoms with Gasteiger partial charge in [0.15, 0.2) is 17.3 Å². The molecule has 0 saturated carbocycles. The lowest BCUT2D eigenvalue weighted by atomic mass is 10.0. The molecule has 188 valence electrons. The Hall–Kier alpha value is -3.24. The highest BCUT2D eigenvalue weighted by Gasteiger charge is 2.23. The van der Waals surface area contributed by atoms with Crippen molar-refractivity contribution < 1.29 is 22.4 Å². The normalized spacial score (nSPS) is 14.5. The number of methoxy groups -OCH3 is 1. The van der Waals surface area contributed by atoms with E-state index in [1.54, 1.807) is 26.2 Å². The SMILES string of the molecule is CCOc1cc(CN(c2ccc(S(=O)(=O)Nc3cc(C)on3)cc2)C2CCNCC2)ccc1OC. The average molecular weight is 501 g/mol. The second kappa shape index (κ2) is 11.0. The Morgan fingerprint density at radius 3 is 2.49 bits per heavy atom. The van der Waals surface area contributed by atoms with Gasteiger partial charge < -0.3 is 24.2 Å². The molecule has 0 spiro atoms. The Kier molecular flexibility index (Phi) is 7.82.